The Morgan fingerprint density at radius 1 is 0.783 bits per heavy atom. The van der Waals surface area contributed by atoms with Crippen LogP contribution >= 0.6 is 11.8 Å². The predicted molar refractivity (Wildman–Crippen MR) is 93.1 cm³/mol. The van der Waals surface area contributed by atoms with E-state index in [1.54, 1.807) is 17.8 Å². The van der Waals surface area contributed by atoms with Crippen LogP contribution in [0.2, 0.25) is 0 Å². The molecule has 114 valence electrons. The quantitative estimate of drug-likeness (QED) is 0.694. The summed E-state index contributed by atoms with van der Waals surface area (Å²) in [5, 5.41) is 2.71. The first-order valence-electron chi connectivity index (χ1n) is 7.17. The molecule has 0 unspecified atom stereocenters. The van der Waals surface area contributed by atoms with Crippen molar-refractivity contribution in [2.24, 2.45) is 0 Å². The minimum absolute atomic E-state index is 0.502. The lowest BCUT2D eigenvalue weighted by atomic mass is 10.3. The van der Waals surface area contributed by atoms with Gasteiger partial charge in [0.25, 0.3) is 0 Å². The average molecular weight is 321 g/mol. The van der Waals surface area contributed by atoms with E-state index in [-0.39, 0.29) is 0 Å². The normalized spacial score (nSPS) is 10.1. The molecule has 0 radical (unpaired) electrons. The summed E-state index contributed by atoms with van der Waals surface area (Å²) in [6.07, 6.45) is -0.502. The van der Waals surface area contributed by atoms with Gasteiger partial charge in [-0.3, -0.25) is 5.32 Å². The van der Waals surface area contributed by atoms with E-state index in [0.717, 1.165) is 9.79 Å². The topological polar surface area (TPSA) is 38.3 Å². The zero-order chi connectivity index (χ0) is 15.9. The number of carbonyl (C=O) groups excluding carboxylic acids is 1. The Labute approximate surface area is 139 Å². The van der Waals surface area contributed by atoms with Gasteiger partial charge in [0.15, 0.2) is 0 Å². The molecule has 0 saturated heterocycles. The molecule has 1 amide bonds. The molecule has 23 heavy (non-hydrogen) atoms. The van der Waals surface area contributed by atoms with E-state index in [1.807, 2.05) is 78.9 Å². The van der Waals surface area contributed by atoms with Gasteiger partial charge in [-0.1, -0.05) is 60.3 Å². The van der Waals surface area contributed by atoms with Crippen LogP contribution in [0, 0.1) is 0 Å². The van der Waals surface area contributed by atoms with Gasteiger partial charge in [0.2, 0.25) is 0 Å². The molecule has 0 heterocycles. The number of carbonyl (C=O) groups is 1. The molecule has 1 N–H and O–H groups in total. The van der Waals surface area contributed by atoms with Crippen molar-refractivity contribution >= 4 is 23.5 Å². The Hall–Kier alpha value is -2.72. The Balaban J connectivity index is 1.71. The molecule has 0 atom stereocenters. The maximum atomic E-state index is 12.0. The van der Waals surface area contributed by atoms with Gasteiger partial charge in [-0.25, -0.2) is 4.79 Å². The first kappa shape index (κ1) is 15.2. The summed E-state index contributed by atoms with van der Waals surface area (Å²) in [6.45, 7) is 0. The van der Waals surface area contributed by atoms with E-state index in [0.29, 0.717) is 11.4 Å². The minimum Gasteiger partial charge on any atom is -0.409 e. The molecule has 0 aromatic heterocycles. The van der Waals surface area contributed by atoms with E-state index < -0.39 is 6.09 Å². The van der Waals surface area contributed by atoms with Crippen molar-refractivity contribution in [1.82, 2.24) is 0 Å². The number of rotatable bonds is 4. The van der Waals surface area contributed by atoms with Crippen LogP contribution in [0.25, 0.3) is 0 Å². The van der Waals surface area contributed by atoms with E-state index in [9.17, 15) is 4.79 Å². The Bertz CT molecular complexity index is 776. The zero-order valence-electron chi connectivity index (χ0n) is 12.3. The van der Waals surface area contributed by atoms with Crippen LogP contribution in [0.1, 0.15) is 0 Å². The van der Waals surface area contributed by atoms with Crippen molar-refractivity contribution < 1.29 is 9.53 Å². The van der Waals surface area contributed by atoms with Crippen LogP contribution in [0.3, 0.4) is 0 Å². The third-order valence-corrected chi connectivity index (χ3v) is 4.11. The standard InChI is InChI=1S/C19H15NO2S/c21-19(20-15-9-3-1-4-10-15)22-17-13-7-8-14-18(17)23-16-11-5-2-6-12-16/h1-14H,(H,20,21). The van der Waals surface area contributed by atoms with Crippen LogP contribution in [-0.4, -0.2) is 6.09 Å². The highest BCUT2D eigenvalue weighted by Gasteiger charge is 2.10. The monoisotopic (exact) mass is 321 g/mol. The number of ether oxygens (including phenoxy) is 1. The van der Waals surface area contributed by atoms with Gasteiger partial charge >= 0.3 is 6.09 Å². The molecular formula is C19H15NO2S. The number of nitrogens with one attached hydrogen (secondary N) is 1. The summed E-state index contributed by atoms with van der Waals surface area (Å²) in [5.74, 6) is 0.537. The minimum atomic E-state index is -0.502. The van der Waals surface area contributed by atoms with Gasteiger partial charge in [0, 0.05) is 10.6 Å². The van der Waals surface area contributed by atoms with Crippen molar-refractivity contribution in [3.63, 3.8) is 0 Å². The van der Waals surface area contributed by atoms with Crippen LogP contribution in [0.4, 0.5) is 10.5 Å². The zero-order valence-corrected chi connectivity index (χ0v) is 13.1. The highest BCUT2D eigenvalue weighted by atomic mass is 32.2. The molecule has 0 aliphatic rings. The van der Waals surface area contributed by atoms with Gasteiger partial charge in [0.1, 0.15) is 5.75 Å². The molecule has 3 rings (SSSR count). The largest absolute Gasteiger partial charge is 0.417 e. The molecule has 0 fully saturated rings. The summed E-state index contributed by atoms with van der Waals surface area (Å²) in [5.41, 5.74) is 0.700. The molecule has 0 bridgehead atoms. The Morgan fingerprint density at radius 3 is 2.13 bits per heavy atom. The summed E-state index contributed by atoms with van der Waals surface area (Å²) in [6, 6.07) is 26.7. The highest BCUT2D eigenvalue weighted by Crippen LogP contribution is 2.34. The molecule has 0 saturated carbocycles. The molecule has 3 aromatic carbocycles. The van der Waals surface area contributed by atoms with Gasteiger partial charge in [-0.15, -0.1) is 0 Å². The number of benzene rings is 3. The van der Waals surface area contributed by atoms with Crippen LogP contribution < -0.4 is 10.1 Å². The van der Waals surface area contributed by atoms with Gasteiger partial charge < -0.3 is 4.74 Å². The SMILES string of the molecule is O=C(Nc1ccccc1)Oc1ccccc1Sc1ccccc1. The van der Waals surface area contributed by atoms with Crippen molar-refractivity contribution in [2.45, 2.75) is 9.79 Å². The lowest BCUT2D eigenvalue weighted by Crippen LogP contribution is -2.16. The first-order valence-corrected chi connectivity index (χ1v) is 7.99. The van der Waals surface area contributed by atoms with E-state index in [1.165, 1.54) is 0 Å². The second kappa shape index (κ2) is 7.51. The van der Waals surface area contributed by atoms with Crippen molar-refractivity contribution in [2.75, 3.05) is 5.32 Å². The molecule has 0 aliphatic carbocycles. The number of para-hydroxylation sites is 2. The third-order valence-electron chi connectivity index (χ3n) is 3.04. The number of anilines is 1. The molecule has 3 nitrogen and oxygen atoms in total. The third kappa shape index (κ3) is 4.37. The Kier molecular flexibility index (Phi) is 4.96. The first-order chi connectivity index (χ1) is 11.3. The average Bonchev–Trinajstić information content (AvgIpc) is 2.58. The fourth-order valence-corrected chi connectivity index (χ4v) is 2.90. The number of hydrogen-bond donors (Lipinski definition) is 1. The fraction of sp³-hybridized carbons (Fsp3) is 0. The maximum absolute atomic E-state index is 12.0. The molecular weight excluding hydrogens is 306 g/mol. The molecule has 0 spiro atoms. The van der Waals surface area contributed by atoms with Crippen LogP contribution in [0.5, 0.6) is 5.75 Å². The highest BCUT2D eigenvalue weighted by molar-refractivity contribution is 7.99. The Morgan fingerprint density at radius 2 is 1.39 bits per heavy atom. The van der Waals surface area contributed by atoms with Crippen molar-refractivity contribution in [3.05, 3.63) is 84.9 Å². The number of hydrogen-bond acceptors (Lipinski definition) is 3. The molecule has 4 heteroatoms. The lowest BCUT2D eigenvalue weighted by molar-refractivity contribution is 0.214. The van der Waals surface area contributed by atoms with Gasteiger partial charge in [0.05, 0.1) is 4.90 Å². The van der Waals surface area contributed by atoms with E-state index in [4.69, 9.17) is 4.74 Å². The second-order valence-electron chi connectivity index (χ2n) is 4.74. The molecule has 0 aliphatic heterocycles. The van der Waals surface area contributed by atoms with Gasteiger partial charge in [-0.2, -0.15) is 0 Å². The summed E-state index contributed by atoms with van der Waals surface area (Å²) >= 11 is 1.56. The number of amides is 1. The van der Waals surface area contributed by atoms with E-state index in [2.05, 4.69) is 5.32 Å². The molecule has 3 aromatic rings. The van der Waals surface area contributed by atoms with Crippen LogP contribution in [0.15, 0.2) is 94.7 Å². The fourth-order valence-electron chi connectivity index (χ4n) is 2.00. The smallest absolute Gasteiger partial charge is 0.409 e. The van der Waals surface area contributed by atoms with Crippen molar-refractivity contribution in [1.29, 1.82) is 0 Å². The summed E-state index contributed by atoms with van der Waals surface area (Å²) in [4.78, 5) is 14.0. The maximum Gasteiger partial charge on any atom is 0.417 e. The second-order valence-corrected chi connectivity index (χ2v) is 5.86. The van der Waals surface area contributed by atoms with Gasteiger partial charge in [-0.05, 0) is 36.4 Å². The predicted octanol–water partition coefficient (Wildman–Crippen LogP) is 5.45. The summed E-state index contributed by atoms with van der Waals surface area (Å²) < 4.78 is 5.45. The van der Waals surface area contributed by atoms with Crippen LogP contribution in [-0.2, 0) is 0 Å². The van der Waals surface area contributed by atoms with Crippen molar-refractivity contribution in [3.8, 4) is 5.75 Å². The lowest BCUT2D eigenvalue weighted by Gasteiger charge is -2.10. The van der Waals surface area contributed by atoms with E-state index >= 15 is 0 Å². The summed E-state index contributed by atoms with van der Waals surface area (Å²) in [7, 11) is 0.